The molecule has 0 aliphatic carbocycles. The lowest BCUT2D eigenvalue weighted by Gasteiger charge is -2.06. The molecule has 76 valence electrons. The standard InChI is InChI=1S/C9H9F2NOS/c1-13-9(14)12-5-6-2-7(10)4-8(11)3-6/h2-4H,5H2,1H3,(H,12,14). The van der Waals surface area contributed by atoms with E-state index in [-0.39, 0.29) is 11.7 Å². The number of thiocarbonyl (C=S) groups is 1. The molecule has 1 aromatic rings. The Hall–Kier alpha value is -1.23. The van der Waals surface area contributed by atoms with Crippen LogP contribution in [0.5, 0.6) is 0 Å². The molecule has 0 unspecified atom stereocenters. The first-order valence-corrected chi connectivity index (χ1v) is 4.29. The average molecular weight is 217 g/mol. The molecular formula is C9H9F2NOS. The zero-order valence-corrected chi connectivity index (χ0v) is 8.33. The first kappa shape index (κ1) is 10.8. The van der Waals surface area contributed by atoms with Crippen molar-refractivity contribution in [2.45, 2.75) is 6.54 Å². The van der Waals surface area contributed by atoms with Crippen LogP contribution in [0.15, 0.2) is 18.2 Å². The zero-order chi connectivity index (χ0) is 10.6. The molecular weight excluding hydrogens is 208 g/mol. The van der Waals surface area contributed by atoms with Crippen molar-refractivity contribution in [1.82, 2.24) is 5.32 Å². The monoisotopic (exact) mass is 217 g/mol. The molecule has 0 spiro atoms. The van der Waals surface area contributed by atoms with E-state index in [0.29, 0.717) is 5.56 Å². The van der Waals surface area contributed by atoms with Crippen molar-refractivity contribution >= 4 is 17.4 Å². The Kier molecular flexibility index (Phi) is 3.76. The maximum absolute atomic E-state index is 12.7. The minimum atomic E-state index is -0.606. The molecule has 1 aromatic carbocycles. The van der Waals surface area contributed by atoms with E-state index in [2.05, 4.69) is 10.1 Å². The van der Waals surface area contributed by atoms with Crippen molar-refractivity contribution in [2.75, 3.05) is 7.11 Å². The van der Waals surface area contributed by atoms with Crippen molar-refractivity contribution in [3.05, 3.63) is 35.4 Å². The fraction of sp³-hybridized carbons (Fsp3) is 0.222. The van der Waals surface area contributed by atoms with Gasteiger partial charge in [-0.15, -0.1) is 0 Å². The molecule has 0 saturated heterocycles. The Morgan fingerprint density at radius 2 is 1.93 bits per heavy atom. The van der Waals surface area contributed by atoms with E-state index in [1.54, 1.807) is 0 Å². The van der Waals surface area contributed by atoms with Crippen LogP contribution in [0.2, 0.25) is 0 Å². The number of ether oxygens (including phenoxy) is 1. The van der Waals surface area contributed by atoms with Gasteiger partial charge >= 0.3 is 0 Å². The highest BCUT2D eigenvalue weighted by atomic mass is 32.1. The summed E-state index contributed by atoms with van der Waals surface area (Å²) in [4.78, 5) is 0. The number of nitrogens with one attached hydrogen (secondary N) is 1. The highest BCUT2D eigenvalue weighted by Crippen LogP contribution is 2.07. The molecule has 1 N–H and O–H groups in total. The quantitative estimate of drug-likeness (QED) is 0.765. The smallest absolute Gasteiger partial charge is 0.256 e. The first-order valence-electron chi connectivity index (χ1n) is 3.88. The number of methoxy groups -OCH3 is 1. The third-order valence-corrected chi connectivity index (χ3v) is 1.86. The van der Waals surface area contributed by atoms with Crippen molar-refractivity contribution in [3.63, 3.8) is 0 Å². The van der Waals surface area contributed by atoms with Gasteiger partial charge in [-0.2, -0.15) is 0 Å². The topological polar surface area (TPSA) is 21.3 Å². The molecule has 0 aliphatic rings. The molecule has 0 fully saturated rings. The van der Waals surface area contributed by atoms with Crippen molar-refractivity contribution in [2.24, 2.45) is 0 Å². The third-order valence-electron chi connectivity index (χ3n) is 1.54. The lowest BCUT2D eigenvalue weighted by atomic mass is 10.2. The molecule has 0 amide bonds. The molecule has 0 saturated carbocycles. The van der Waals surface area contributed by atoms with Gasteiger partial charge in [0.2, 0.25) is 0 Å². The minimum absolute atomic E-state index is 0.190. The average Bonchev–Trinajstić information content (AvgIpc) is 2.12. The molecule has 0 aromatic heterocycles. The van der Waals surface area contributed by atoms with Gasteiger partial charge in [0.1, 0.15) is 11.6 Å². The molecule has 0 bridgehead atoms. The second kappa shape index (κ2) is 4.85. The van der Waals surface area contributed by atoms with Crippen LogP contribution in [0.1, 0.15) is 5.56 Å². The molecule has 0 aliphatic heterocycles. The number of rotatable bonds is 2. The maximum atomic E-state index is 12.7. The second-order valence-electron chi connectivity index (χ2n) is 2.62. The Bertz CT molecular complexity index is 323. The summed E-state index contributed by atoms with van der Waals surface area (Å²) in [6, 6.07) is 3.28. The number of benzene rings is 1. The Morgan fingerprint density at radius 3 is 2.43 bits per heavy atom. The Morgan fingerprint density at radius 1 is 1.36 bits per heavy atom. The Balaban J connectivity index is 2.63. The van der Waals surface area contributed by atoms with Gasteiger partial charge in [0.15, 0.2) is 0 Å². The summed E-state index contributed by atoms with van der Waals surface area (Å²) >= 11 is 4.70. The van der Waals surface area contributed by atoms with Gasteiger partial charge < -0.3 is 10.1 Å². The highest BCUT2D eigenvalue weighted by molar-refractivity contribution is 7.80. The Labute approximate surface area is 85.9 Å². The third kappa shape index (κ3) is 3.26. The maximum Gasteiger partial charge on any atom is 0.256 e. The van der Waals surface area contributed by atoms with Gasteiger partial charge in [-0.05, 0) is 29.9 Å². The fourth-order valence-corrected chi connectivity index (χ4v) is 1.03. The van der Waals surface area contributed by atoms with E-state index in [9.17, 15) is 8.78 Å². The van der Waals surface area contributed by atoms with Gasteiger partial charge in [0, 0.05) is 12.6 Å². The molecule has 1 rings (SSSR count). The molecule has 0 atom stereocenters. The van der Waals surface area contributed by atoms with Gasteiger partial charge in [-0.1, -0.05) is 0 Å². The molecule has 14 heavy (non-hydrogen) atoms. The predicted octanol–water partition coefficient (Wildman–Crippen LogP) is 1.99. The summed E-state index contributed by atoms with van der Waals surface area (Å²) in [5, 5.41) is 2.87. The van der Waals surface area contributed by atoms with Crippen LogP contribution < -0.4 is 5.32 Å². The normalized spacial score (nSPS) is 9.64. The van der Waals surface area contributed by atoms with E-state index in [1.165, 1.54) is 19.2 Å². The van der Waals surface area contributed by atoms with Crippen LogP contribution in [0.3, 0.4) is 0 Å². The number of halogens is 2. The summed E-state index contributed by atoms with van der Waals surface area (Å²) in [5.41, 5.74) is 0.474. The SMILES string of the molecule is COC(=S)NCc1cc(F)cc(F)c1. The fourth-order valence-electron chi connectivity index (χ4n) is 0.959. The van der Waals surface area contributed by atoms with E-state index in [1.807, 2.05) is 0 Å². The molecule has 2 nitrogen and oxygen atoms in total. The highest BCUT2D eigenvalue weighted by Gasteiger charge is 2.01. The van der Waals surface area contributed by atoms with E-state index in [0.717, 1.165) is 6.07 Å². The van der Waals surface area contributed by atoms with Crippen LogP contribution in [0.25, 0.3) is 0 Å². The van der Waals surface area contributed by atoms with Crippen LogP contribution in [0.4, 0.5) is 8.78 Å². The van der Waals surface area contributed by atoms with Crippen LogP contribution >= 0.6 is 12.2 Å². The first-order chi connectivity index (χ1) is 6.61. The van der Waals surface area contributed by atoms with E-state index >= 15 is 0 Å². The molecule has 0 heterocycles. The second-order valence-corrected chi connectivity index (χ2v) is 2.99. The van der Waals surface area contributed by atoms with Crippen LogP contribution in [0, 0.1) is 11.6 Å². The predicted molar refractivity (Wildman–Crippen MR) is 52.8 cm³/mol. The number of hydrogen-bond donors (Lipinski definition) is 1. The summed E-state index contributed by atoms with van der Waals surface area (Å²) < 4.78 is 30.1. The minimum Gasteiger partial charge on any atom is -0.474 e. The lowest BCUT2D eigenvalue weighted by molar-refractivity contribution is 0.392. The van der Waals surface area contributed by atoms with Crippen molar-refractivity contribution in [1.29, 1.82) is 0 Å². The van der Waals surface area contributed by atoms with Crippen LogP contribution in [-0.4, -0.2) is 12.3 Å². The van der Waals surface area contributed by atoms with Gasteiger partial charge in [-0.25, -0.2) is 8.78 Å². The van der Waals surface area contributed by atoms with E-state index < -0.39 is 11.6 Å². The van der Waals surface area contributed by atoms with Gasteiger partial charge in [0.05, 0.1) is 7.11 Å². The summed E-state index contributed by atoms with van der Waals surface area (Å²) in [6.45, 7) is 0.237. The summed E-state index contributed by atoms with van der Waals surface area (Å²) in [6.07, 6.45) is 0. The van der Waals surface area contributed by atoms with Crippen molar-refractivity contribution in [3.8, 4) is 0 Å². The molecule has 5 heteroatoms. The largest absolute Gasteiger partial charge is 0.474 e. The summed E-state index contributed by atoms with van der Waals surface area (Å²) in [5.74, 6) is -1.21. The summed E-state index contributed by atoms with van der Waals surface area (Å²) in [7, 11) is 1.42. The van der Waals surface area contributed by atoms with E-state index in [4.69, 9.17) is 12.2 Å². The lowest BCUT2D eigenvalue weighted by Crippen LogP contribution is -2.22. The molecule has 0 radical (unpaired) electrons. The van der Waals surface area contributed by atoms with Gasteiger partial charge in [-0.3, -0.25) is 0 Å². The van der Waals surface area contributed by atoms with Crippen molar-refractivity contribution < 1.29 is 13.5 Å². The van der Waals surface area contributed by atoms with Crippen LogP contribution in [-0.2, 0) is 11.3 Å². The zero-order valence-electron chi connectivity index (χ0n) is 7.51. The number of hydrogen-bond acceptors (Lipinski definition) is 2. The van der Waals surface area contributed by atoms with Gasteiger partial charge in [0.25, 0.3) is 5.17 Å².